The number of rotatable bonds is 4. The molecule has 20 heavy (non-hydrogen) atoms. The van der Waals surface area contributed by atoms with E-state index >= 15 is 0 Å². The Kier molecular flexibility index (Phi) is 4.11. The van der Waals surface area contributed by atoms with Gasteiger partial charge in [0.05, 0.1) is 5.54 Å². The summed E-state index contributed by atoms with van der Waals surface area (Å²) in [4.78, 5) is 4.79. The van der Waals surface area contributed by atoms with Crippen molar-refractivity contribution in [2.75, 3.05) is 6.54 Å². The van der Waals surface area contributed by atoms with Gasteiger partial charge in [0.15, 0.2) is 5.82 Å². The lowest BCUT2D eigenvalue weighted by atomic mass is 9.82. The predicted molar refractivity (Wildman–Crippen MR) is 78.5 cm³/mol. The number of hydrogen-bond donors (Lipinski definition) is 1. The Bertz CT molecular complexity index is 429. The summed E-state index contributed by atoms with van der Waals surface area (Å²) in [5, 5.41) is 7.93. The van der Waals surface area contributed by atoms with Crippen molar-refractivity contribution in [1.29, 1.82) is 0 Å². The maximum absolute atomic E-state index is 5.66. The van der Waals surface area contributed by atoms with Gasteiger partial charge >= 0.3 is 0 Å². The predicted octanol–water partition coefficient (Wildman–Crippen LogP) is 3.74. The zero-order chi connectivity index (χ0) is 14.0. The molecule has 1 unspecified atom stereocenters. The fourth-order valence-electron chi connectivity index (χ4n) is 3.85. The topological polar surface area (TPSA) is 51.0 Å². The van der Waals surface area contributed by atoms with Crippen LogP contribution in [0.1, 0.15) is 82.8 Å². The molecule has 3 rings (SSSR count). The van der Waals surface area contributed by atoms with Gasteiger partial charge in [-0.3, -0.25) is 0 Å². The Labute approximate surface area is 121 Å². The van der Waals surface area contributed by atoms with Crippen LogP contribution >= 0.6 is 0 Å². The molecule has 2 fully saturated rings. The first-order chi connectivity index (χ1) is 9.73. The van der Waals surface area contributed by atoms with E-state index in [4.69, 9.17) is 9.51 Å². The van der Waals surface area contributed by atoms with Crippen LogP contribution < -0.4 is 5.32 Å². The fourth-order valence-corrected chi connectivity index (χ4v) is 3.85. The summed E-state index contributed by atoms with van der Waals surface area (Å²) in [5.74, 6) is 3.17. The van der Waals surface area contributed by atoms with Gasteiger partial charge in [-0.25, -0.2) is 0 Å². The molecule has 1 saturated heterocycles. The molecule has 1 saturated carbocycles. The van der Waals surface area contributed by atoms with Crippen LogP contribution in [-0.2, 0) is 5.54 Å². The number of nitrogens with zero attached hydrogens (tertiary/aromatic N) is 2. The van der Waals surface area contributed by atoms with Gasteiger partial charge in [-0.05, 0) is 44.6 Å². The van der Waals surface area contributed by atoms with Gasteiger partial charge in [0.25, 0.3) is 0 Å². The minimum Gasteiger partial charge on any atom is -0.337 e. The van der Waals surface area contributed by atoms with Crippen molar-refractivity contribution in [2.24, 2.45) is 5.92 Å². The van der Waals surface area contributed by atoms with E-state index in [1.165, 1.54) is 32.1 Å². The molecular weight excluding hydrogens is 250 g/mol. The minimum atomic E-state index is -0.0397. The smallest absolute Gasteiger partial charge is 0.246 e. The summed E-state index contributed by atoms with van der Waals surface area (Å²) in [6, 6.07) is 0. The maximum Gasteiger partial charge on any atom is 0.246 e. The molecule has 2 heterocycles. The molecule has 1 aromatic heterocycles. The van der Waals surface area contributed by atoms with Crippen LogP contribution in [0.5, 0.6) is 0 Å². The number of hydrogen-bond acceptors (Lipinski definition) is 4. The highest BCUT2D eigenvalue weighted by Crippen LogP contribution is 2.37. The van der Waals surface area contributed by atoms with Crippen molar-refractivity contribution >= 4 is 0 Å². The molecule has 112 valence electrons. The van der Waals surface area contributed by atoms with Gasteiger partial charge in [0.2, 0.25) is 5.89 Å². The normalized spacial score (nSPS) is 34.5. The van der Waals surface area contributed by atoms with E-state index < -0.39 is 0 Å². The highest BCUT2D eigenvalue weighted by atomic mass is 16.5. The van der Waals surface area contributed by atoms with Crippen molar-refractivity contribution < 1.29 is 4.52 Å². The molecule has 1 aliphatic heterocycles. The van der Waals surface area contributed by atoms with E-state index in [-0.39, 0.29) is 5.54 Å². The summed E-state index contributed by atoms with van der Waals surface area (Å²) in [5.41, 5.74) is -0.0397. The molecule has 0 spiro atoms. The van der Waals surface area contributed by atoms with E-state index in [2.05, 4.69) is 24.3 Å². The lowest BCUT2D eigenvalue weighted by molar-refractivity contribution is 0.239. The van der Waals surface area contributed by atoms with Crippen LogP contribution in [-0.4, -0.2) is 16.7 Å². The fraction of sp³-hybridized carbons (Fsp3) is 0.875. The second-order valence-electron chi connectivity index (χ2n) is 6.78. The average molecular weight is 277 g/mol. The van der Waals surface area contributed by atoms with Gasteiger partial charge < -0.3 is 9.84 Å². The first-order valence-corrected chi connectivity index (χ1v) is 8.32. The summed E-state index contributed by atoms with van der Waals surface area (Å²) in [6.07, 6.45) is 9.60. The Morgan fingerprint density at radius 1 is 1.30 bits per heavy atom. The van der Waals surface area contributed by atoms with Gasteiger partial charge in [0.1, 0.15) is 0 Å². The van der Waals surface area contributed by atoms with Crippen LogP contribution in [0, 0.1) is 5.92 Å². The third kappa shape index (κ3) is 2.62. The van der Waals surface area contributed by atoms with Crippen LogP contribution in [0.4, 0.5) is 0 Å². The Morgan fingerprint density at radius 3 is 2.75 bits per heavy atom. The third-order valence-electron chi connectivity index (χ3n) is 5.15. The molecule has 0 bridgehead atoms. The van der Waals surface area contributed by atoms with E-state index in [0.29, 0.717) is 5.92 Å². The maximum atomic E-state index is 5.66. The lowest BCUT2D eigenvalue weighted by Crippen LogP contribution is -2.37. The highest BCUT2D eigenvalue weighted by molar-refractivity contribution is 5.08. The lowest BCUT2D eigenvalue weighted by Gasteiger charge is -2.25. The molecule has 0 amide bonds. The van der Waals surface area contributed by atoms with E-state index in [1.807, 2.05) is 0 Å². The van der Waals surface area contributed by atoms with Gasteiger partial charge in [-0.2, -0.15) is 4.98 Å². The summed E-state index contributed by atoms with van der Waals surface area (Å²) in [7, 11) is 0. The number of nitrogens with one attached hydrogen (secondary N) is 1. The van der Waals surface area contributed by atoms with Crippen molar-refractivity contribution in [2.45, 2.75) is 76.7 Å². The molecule has 1 atom stereocenters. The second kappa shape index (κ2) is 5.84. The van der Waals surface area contributed by atoms with Crippen LogP contribution in [0.25, 0.3) is 0 Å². The standard InChI is InChI=1S/C16H27N3O/c1-3-9-16(10-4-11-17-16)15-18-14(19-20-15)13-7-5-12(2)6-8-13/h12-13,17H,3-11H2,1-2H3. The van der Waals surface area contributed by atoms with Crippen LogP contribution in [0.2, 0.25) is 0 Å². The molecule has 2 aliphatic rings. The van der Waals surface area contributed by atoms with E-state index in [9.17, 15) is 0 Å². The molecule has 0 radical (unpaired) electrons. The molecule has 4 nitrogen and oxygen atoms in total. The van der Waals surface area contributed by atoms with Gasteiger partial charge in [-0.1, -0.05) is 38.3 Å². The average Bonchev–Trinajstić information content (AvgIpc) is 3.09. The summed E-state index contributed by atoms with van der Waals surface area (Å²) >= 11 is 0. The van der Waals surface area contributed by atoms with Gasteiger partial charge in [-0.15, -0.1) is 0 Å². The molecular formula is C16H27N3O. The minimum absolute atomic E-state index is 0.0397. The molecule has 1 aromatic rings. The second-order valence-corrected chi connectivity index (χ2v) is 6.78. The SMILES string of the molecule is CCCC1(c2nc(C3CCC(C)CC3)no2)CCCN1. The van der Waals surface area contributed by atoms with Crippen molar-refractivity contribution in [3.05, 3.63) is 11.7 Å². The first-order valence-electron chi connectivity index (χ1n) is 8.32. The molecule has 0 aromatic carbocycles. The monoisotopic (exact) mass is 277 g/mol. The molecule has 1 N–H and O–H groups in total. The Morgan fingerprint density at radius 2 is 2.10 bits per heavy atom. The largest absolute Gasteiger partial charge is 0.337 e. The van der Waals surface area contributed by atoms with Crippen molar-refractivity contribution in [1.82, 2.24) is 15.5 Å². The van der Waals surface area contributed by atoms with Gasteiger partial charge in [0, 0.05) is 5.92 Å². The zero-order valence-electron chi connectivity index (χ0n) is 12.8. The highest BCUT2D eigenvalue weighted by Gasteiger charge is 2.40. The van der Waals surface area contributed by atoms with Crippen molar-refractivity contribution in [3.63, 3.8) is 0 Å². The Balaban J connectivity index is 1.75. The van der Waals surface area contributed by atoms with Crippen LogP contribution in [0.3, 0.4) is 0 Å². The number of aromatic nitrogens is 2. The van der Waals surface area contributed by atoms with Crippen molar-refractivity contribution in [3.8, 4) is 0 Å². The first kappa shape index (κ1) is 14.1. The third-order valence-corrected chi connectivity index (χ3v) is 5.15. The van der Waals surface area contributed by atoms with E-state index in [1.54, 1.807) is 0 Å². The summed E-state index contributed by atoms with van der Waals surface area (Å²) in [6.45, 7) is 5.64. The van der Waals surface area contributed by atoms with E-state index in [0.717, 1.165) is 43.4 Å². The quantitative estimate of drug-likeness (QED) is 0.910. The van der Waals surface area contributed by atoms with Crippen LogP contribution in [0.15, 0.2) is 4.52 Å². The molecule has 1 aliphatic carbocycles. The Hall–Kier alpha value is -0.900. The summed E-state index contributed by atoms with van der Waals surface area (Å²) < 4.78 is 5.66. The molecule has 4 heteroatoms. The zero-order valence-corrected chi connectivity index (χ0v) is 12.8.